The van der Waals surface area contributed by atoms with E-state index < -0.39 is 0 Å². The van der Waals surface area contributed by atoms with Crippen LogP contribution in [0.25, 0.3) is 0 Å². The number of ether oxygens (including phenoxy) is 3. The Kier molecular flexibility index (Phi) is 5.78. The van der Waals surface area contributed by atoms with Gasteiger partial charge in [0, 0.05) is 32.0 Å². The fourth-order valence-corrected chi connectivity index (χ4v) is 1.64. The first-order valence-electron chi connectivity index (χ1n) is 6.62. The third kappa shape index (κ3) is 4.92. The van der Waals surface area contributed by atoms with Gasteiger partial charge in [-0.25, -0.2) is 9.97 Å². The zero-order valence-corrected chi connectivity index (χ0v) is 12.2. The van der Waals surface area contributed by atoms with E-state index in [2.05, 4.69) is 15.3 Å². The third-order valence-corrected chi connectivity index (χ3v) is 2.78. The zero-order chi connectivity index (χ0) is 14.9. The second kappa shape index (κ2) is 8.06. The maximum Gasteiger partial charge on any atom is 0.213 e. The molecule has 2 heterocycles. The molecule has 0 atom stereocenters. The van der Waals surface area contributed by atoms with E-state index in [-0.39, 0.29) is 0 Å². The van der Waals surface area contributed by atoms with Crippen LogP contribution in [0.4, 0.5) is 5.69 Å². The summed E-state index contributed by atoms with van der Waals surface area (Å²) in [6.07, 6.45) is 3.51. The van der Waals surface area contributed by atoms with E-state index in [1.54, 1.807) is 26.6 Å². The lowest BCUT2D eigenvalue weighted by molar-refractivity contribution is 0.144. The average Bonchev–Trinajstić information content (AvgIpc) is 2.55. The average molecular weight is 289 g/mol. The Hall–Kier alpha value is -2.34. The van der Waals surface area contributed by atoms with E-state index >= 15 is 0 Å². The molecule has 0 aliphatic carbocycles. The predicted octanol–water partition coefficient (Wildman–Crippen LogP) is 2.12. The van der Waals surface area contributed by atoms with Gasteiger partial charge in [0.1, 0.15) is 6.61 Å². The molecule has 6 nitrogen and oxygen atoms in total. The predicted molar refractivity (Wildman–Crippen MR) is 79.7 cm³/mol. The summed E-state index contributed by atoms with van der Waals surface area (Å²) >= 11 is 0. The minimum Gasteiger partial charge on any atom is -0.481 e. The Morgan fingerprint density at radius 2 is 1.76 bits per heavy atom. The molecule has 0 saturated heterocycles. The van der Waals surface area contributed by atoms with Crippen LogP contribution < -0.4 is 14.8 Å². The summed E-state index contributed by atoms with van der Waals surface area (Å²) in [5, 5.41) is 3.27. The van der Waals surface area contributed by atoms with Crippen molar-refractivity contribution in [1.29, 1.82) is 0 Å². The highest BCUT2D eigenvalue weighted by molar-refractivity contribution is 5.42. The van der Waals surface area contributed by atoms with Gasteiger partial charge in [0.15, 0.2) is 0 Å². The quantitative estimate of drug-likeness (QED) is 0.751. The molecular weight excluding hydrogens is 270 g/mol. The maximum absolute atomic E-state index is 5.40. The smallest absolute Gasteiger partial charge is 0.213 e. The molecule has 0 saturated carbocycles. The molecule has 0 radical (unpaired) electrons. The molecule has 21 heavy (non-hydrogen) atoms. The van der Waals surface area contributed by atoms with Crippen molar-refractivity contribution in [3.63, 3.8) is 0 Å². The highest BCUT2D eigenvalue weighted by Crippen LogP contribution is 2.13. The van der Waals surface area contributed by atoms with Gasteiger partial charge in [-0.05, 0) is 11.6 Å². The van der Waals surface area contributed by atoms with Gasteiger partial charge in [-0.3, -0.25) is 0 Å². The number of rotatable bonds is 8. The monoisotopic (exact) mass is 289 g/mol. The molecule has 0 spiro atoms. The highest BCUT2D eigenvalue weighted by Gasteiger charge is 1.99. The normalized spacial score (nSPS) is 10.2. The molecule has 0 aromatic carbocycles. The number of anilines is 1. The minimum atomic E-state index is 0.494. The number of nitrogens with zero attached hydrogens (tertiary/aromatic N) is 2. The molecule has 2 aromatic heterocycles. The molecule has 0 fully saturated rings. The van der Waals surface area contributed by atoms with Crippen molar-refractivity contribution in [2.24, 2.45) is 0 Å². The van der Waals surface area contributed by atoms with E-state index in [9.17, 15) is 0 Å². The first-order valence-corrected chi connectivity index (χ1v) is 6.62. The van der Waals surface area contributed by atoms with Gasteiger partial charge < -0.3 is 19.5 Å². The van der Waals surface area contributed by atoms with Crippen LogP contribution in [0.5, 0.6) is 11.8 Å². The number of aromatic nitrogens is 2. The second-order valence-electron chi connectivity index (χ2n) is 4.29. The molecule has 0 aliphatic heterocycles. The third-order valence-electron chi connectivity index (χ3n) is 2.78. The van der Waals surface area contributed by atoms with Crippen LogP contribution in [0.1, 0.15) is 5.56 Å². The van der Waals surface area contributed by atoms with Gasteiger partial charge in [-0.2, -0.15) is 0 Å². The van der Waals surface area contributed by atoms with Crippen molar-refractivity contribution >= 4 is 5.69 Å². The zero-order valence-electron chi connectivity index (χ0n) is 12.2. The van der Waals surface area contributed by atoms with Gasteiger partial charge in [0.05, 0.1) is 25.6 Å². The standard InChI is InChI=1S/C15H19N3O3/c1-19-7-8-21-15-6-4-13(11-18-15)16-9-12-3-5-14(20-2)17-10-12/h3-6,10-11,16H,7-9H2,1-2H3. The number of hydrogen-bond donors (Lipinski definition) is 1. The fourth-order valence-electron chi connectivity index (χ4n) is 1.64. The van der Waals surface area contributed by atoms with E-state index in [0.717, 1.165) is 11.3 Å². The Bertz CT molecular complexity index is 529. The van der Waals surface area contributed by atoms with Crippen LogP contribution in [0.3, 0.4) is 0 Å². The maximum atomic E-state index is 5.40. The first-order chi connectivity index (χ1) is 10.3. The summed E-state index contributed by atoms with van der Waals surface area (Å²) in [7, 11) is 3.24. The van der Waals surface area contributed by atoms with Crippen LogP contribution in [0.15, 0.2) is 36.7 Å². The van der Waals surface area contributed by atoms with E-state index in [0.29, 0.717) is 31.5 Å². The second-order valence-corrected chi connectivity index (χ2v) is 4.29. The fraction of sp³-hybridized carbons (Fsp3) is 0.333. The summed E-state index contributed by atoms with van der Waals surface area (Å²) in [5.41, 5.74) is 1.99. The lowest BCUT2D eigenvalue weighted by atomic mass is 10.3. The Morgan fingerprint density at radius 3 is 2.38 bits per heavy atom. The van der Waals surface area contributed by atoms with Crippen LogP contribution in [0, 0.1) is 0 Å². The van der Waals surface area contributed by atoms with Crippen molar-refractivity contribution in [3.05, 3.63) is 42.2 Å². The Labute approximate surface area is 124 Å². The van der Waals surface area contributed by atoms with E-state index in [1.807, 2.05) is 24.3 Å². The SMILES string of the molecule is COCCOc1ccc(NCc2ccc(OC)nc2)cn1. The molecule has 0 aliphatic rings. The lowest BCUT2D eigenvalue weighted by Gasteiger charge is -2.08. The van der Waals surface area contributed by atoms with Crippen LogP contribution in [0.2, 0.25) is 0 Å². The summed E-state index contributed by atoms with van der Waals surface area (Å²) in [4.78, 5) is 8.37. The van der Waals surface area contributed by atoms with Gasteiger partial charge in [-0.1, -0.05) is 6.07 Å². The number of pyridine rings is 2. The molecule has 2 aromatic rings. The summed E-state index contributed by atoms with van der Waals surface area (Å²) in [6, 6.07) is 7.55. The van der Waals surface area contributed by atoms with Gasteiger partial charge in [0.2, 0.25) is 11.8 Å². The van der Waals surface area contributed by atoms with Crippen LogP contribution in [-0.4, -0.2) is 37.4 Å². The van der Waals surface area contributed by atoms with E-state index in [1.165, 1.54) is 0 Å². The van der Waals surface area contributed by atoms with Crippen molar-refractivity contribution in [2.45, 2.75) is 6.54 Å². The molecule has 0 amide bonds. The van der Waals surface area contributed by atoms with Crippen LogP contribution >= 0.6 is 0 Å². The minimum absolute atomic E-state index is 0.494. The van der Waals surface area contributed by atoms with Crippen molar-refractivity contribution in [3.8, 4) is 11.8 Å². The molecular formula is C15H19N3O3. The number of nitrogens with one attached hydrogen (secondary N) is 1. The Balaban J connectivity index is 1.82. The van der Waals surface area contributed by atoms with E-state index in [4.69, 9.17) is 14.2 Å². The molecule has 112 valence electrons. The molecule has 2 rings (SSSR count). The number of methoxy groups -OCH3 is 2. The molecule has 0 unspecified atom stereocenters. The summed E-state index contributed by atoms with van der Waals surface area (Å²) in [6.45, 7) is 1.71. The van der Waals surface area contributed by atoms with Crippen molar-refractivity contribution in [1.82, 2.24) is 9.97 Å². The van der Waals surface area contributed by atoms with Gasteiger partial charge in [0.25, 0.3) is 0 Å². The van der Waals surface area contributed by atoms with Gasteiger partial charge in [-0.15, -0.1) is 0 Å². The lowest BCUT2D eigenvalue weighted by Crippen LogP contribution is -2.05. The van der Waals surface area contributed by atoms with Gasteiger partial charge >= 0.3 is 0 Å². The molecule has 1 N–H and O–H groups in total. The van der Waals surface area contributed by atoms with Crippen molar-refractivity contribution < 1.29 is 14.2 Å². The summed E-state index contributed by atoms with van der Waals surface area (Å²) in [5.74, 6) is 1.20. The molecule has 6 heteroatoms. The first kappa shape index (κ1) is 15.1. The largest absolute Gasteiger partial charge is 0.481 e. The van der Waals surface area contributed by atoms with Crippen LogP contribution in [-0.2, 0) is 11.3 Å². The topological polar surface area (TPSA) is 65.5 Å². The molecule has 0 bridgehead atoms. The Morgan fingerprint density at radius 1 is 0.952 bits per heavy atom. The number of hydrogen-bond acceptors (Lipinski definition) is 6. The highest BCUT2D eigenvalue weighted by atomic mass is 16.5. The van der Waals surface area contributed by atoms with Crippen molar-refractivity contribution in [2.75, 3.05) is 32.8 Å². The summed E-state index contributed by atoms with van der Waals surface area (Å²) < 4.78 is 15.3.